The van der Waals surface area contributed by atoms with Crippen LogP contribution in [0.3, 0.4) is 0 Å². The zero-order valence-corrected chi connectivity index (χ0v) is 13.1. The highest BCUT2D eigenvalue weighted by molar-refractivity contribution is 5.36. The predicted molar refractivity (Wildman–Crippen MR) is 84.0 cm³/mol. The van der Waals surface area contributed by atoms with Crippen LogP contribution in [0.2, 0.25) is 0 Å². The molecule has 0 radical (unpaired) electrons. The largest absolute Gasteiger partial charge is 0.494 e. The van der Waals surface area contributed by atoms with Gasteiger partial charge < -0.3 is 10.5 Å². The summed E-state index contributed by atoms with van der Waals surface area (Å²) < 4.78 is 5.78. The van der Waals surface area contributed by atoms with Gasteiger partial charge in [0.15, 0.2) is 0 Å². The molecule has 0 amide bonds. The molecule has 1 aliphatic rings. The molecule has 1 fully saturated rings. The topological polar surface area (TPSA) is 38.5 Å². The van der Waals surface area contributed by atoms with Gasteiger partial charge in [0.1, 0.15) is 5.75 Å². The molecule has 0 spiro atoms. The van der Waals surface area contributed by atoms with Gasteiger partial charge in [-0.3, -0.25) is 4.90 Å². The van der Waals surface area contributed by atoms with E-state index in [2.05, 4.69) is 36.9 Å². The Balaban J connectivity index is 2.23. The summed E-state index contributed by atoms with van der Waals surface area (Å²) in [7, 11) is 0. The summed E-state index contributed by atoms with van der Waals surface area (Å²) in [5.41, 5.74) is 7.70. The van der Waals surface area contributed by atoms with Gasteiger partial charge in [0.05, 0.1) is 12.6 Å². The standard InChI is InChI=1S/C17H28N2O/c1-4-20-16-9-6-5-8-14(16)15(12-18)19-11-7-10-17(2,3)13-19/h5-6,8-9,15H,4,7,10-13,18H2,1-3H3. The van der Waals surface area contributed by atoms with E-state index in [1.54, 1.807) is 0 Å². The van der Waals surface area contributed by atoms with Gasteiger partial charge in [0, 0.05) is 18.7 Å². The number of benzene rings is 1. The molecule has 0 bridgehead atoms. The van der Waals surface area contributed by atoms with Crippen molar-refractivity contribution in [1.82, 2.24) is 4.90 Å². The second-order valence-electron chi connectivity index (χ2n) is 6.46. The Kier molecular flexibility index (Phi) is 5.06. The Morgan fingerprint density at radius 1 is 1.35 bits per heavy atom. The maximum absolute atomic E-state index is 6.09. The maximum atomic E-state index is 6.09. The number of para-hydroxylation sites is 1. The van der Waals surface area contributed by atoms with E-state index >= 15 is 0 Å². The average Bonchev–Trinajstić information content (AvgIpc) is 2.41. The van der Waals surface area contributed by atoms with Crippen LogP contribution in [0, 0.1) is 5.41 Å². The van der Waals surface area contributed by atoms with Crippen LogP contribution in [0.15, 0.2) is 24.3 Å². The van der Waals surface area contributed by atoms with E-state index in [9.17, 15) is 0 Å². The van der Waals surface area contributed by atoms with Crippen molar-refractivity contribution in [3.05, 3.63) is 29.8 Å². The summed E-state index contributed by atoms with van der Waals surface area (Å²) in [6.07, 6.45) is 2.55. The molecule has 0 aromatic heterocycles. The van der Waals surface area contributed by atoms with Crippen molar-refractivity contribution in [2.24, 2.45) is 11.1 Å². The van der Waals surface area contributed by atoms with Crippen LogP contribution in [0.4, 0.5) is 0 Å². The number of nitrogens with zero attached hydrogens (tertiary/aromatic N) is 1. The molecule has 3 nitrogen and oxygen atoms in total. The fourth-order valence-electron chi connectivity index (χ4n) is 3.25. The number of hydrogen-bond donors (Lipinski definition) is 1. The molecule has 20 heavy (non-hydrogen) atoms. The lowest BCUT2D eigenvalue weighted by Crippen LogP contribution is -2.44. The Morgan fingerprint density at radius 2 is 2.10 bits per heavy atom. The van der Waals surface area contributed by atoms with Gasteiger partial charge in [-0.15, -0.1) is 0 Å². The normalized spacial score (nSPS) is 20.6. The van der Waals surface area contributed by atoms with E-state index in [0.717, 1.165) is 18.8 Å². The molecule has 0 saturated carbocycles. The van der Waals surface area contributed by atoms with Crippen molar-refractivity contribution in [3.8, 4) is 5.75 Å². The number of rotatable bonds is 5. The molecule has 1 unspecified atom stereocenters. The van der Waals surface area contributed by atoms with E-state index in [4.69, 9.17) is 10.5 Å². The first-order chi connectivity index (χ1) is 9.57. The molecule has 3 heteroatoms. The molecular weight excluding hydrogens is 248 g/mol. The van der Waals surface area contributed by atoms with Crippen LogP contribution in [0.1, 0.15) is 45.2 Å². The zero-order chi connectivity index (χ0) is 14.6. The summed E-state index contributed by atoms with van der Waals surface area (Å²) in [6.45, 7) is 10.3. The van der Waals surface area contributed by atoms with Gasteiger partial charge >= 0.3 is 0 Å². The highest BCUT2D eigenvalue weighted by Crippen LogP contribution is 2.35. The minimum atomic E-state index is 0.261. The Morgan fingerprint density at radius 3 is 2.75 bits per heavy atom. The first kappa shape index (κ1) is 15.3. The lowest BCUT2D eigenvalue weighted by atomic mass is 9.83. The van der Waals surface area contributed by atoms with E-state index in [1.807, 2.05) is 13.0 Å². The van der Waals surface area contributed by atoms with Gasteiger partial charge in [-0.2, -0.15) is 0 Å². The van der Waals surface area contributed by atoms with Gasteiger partial charge in [-0.1, -0.05) is 32.0 Å². The van der Waals surface area contributed by atoms with Crippen LogP contribution in [-0.4, -0.2) is 31.1 Å². The number of hydrogen-bond acceptors (Lipinski definition) is 3. The minimum absolute atomic E-state index is 0.261. The minimum Gasteiger partial charge on any atom is -0.494 e. The highest BCUT2D eigenvalue weighted by Gasteiger charge is 2.31. The van der Waals surface area contributed by atoms with E-state index in [1.165, 1.54) is 18.4 Å². The molecule has 1 aromatic rings. The summed E-state index contributed by atoms with van der Waals surface area (Å²) in [6, 6.07) is 8.58. The second-order valence-corrected chi connectivity index (χ2v) is 6.46. The zero-order valence-electron chi connectivity index (χ0n) is 13.1. The smallest absolute Gasteiger partial charge is 0.124 e. The maximum Gasteiger partial charge on any atom is 0.124 e. The second kappa shape index (κ2) is 6.59. The summed E-state index contributed by atoms with van der Waals surface area (Å²) in [5.74, 6) is 0.980. The van der Waals surface area contributed by atoms with E-state index in [-0.39, 0.29) is 6.04 Å². The third-order valence-electron chi connectivity index (χ3n) is 4.17. The Hall–Kier alpha value is -1.06. The summed E-state index contributed by atoms with van der Waals surface area (Å²) >= 11 is 0. The lowest BCUT2D eigenvalue weighted by molar-refractivity contribution is 0.0793. The van der Waals surface area contributed by atoms with E-state index in [0.29, 0.717) is 18.6 Å². The monoisotopic (exact) mass is 276 g/mol. The van der Waals surface area contributed by atoms with Crippen LogP contribution in [0.5, 0.6) is 5.75 Å². The molecule has 1 aliphatic heterocycles. The number of ether oxygens (including phenoxy) is 1. The van der Waals surface area contributed by atoms with Crippen LogP contribution in [-0.2, 0) is 0 Å². The van der Waals surface area contributed by atoms with Gasteiger partial charge in [-0.05, 0) is 37.8 Å². The number of piperidine rings is 1. The molecule has 112 valence electrons. The third kappa shape index (κ3) is 3.53. The molecule has 0 aliphatic carbocycles. The third-order valence-corrected chi connectivity index (χ3v) is 4.17. The predicted octanol–water partition coefficient (Wildman–Crippen LogP) is 3.21. The quantitative estimate of drug-likeness (QED) is 0.897. The van der Waals surface area contributed by atoms with Crippen LogP contribution < -0.4 is 10.5 Å². The molecule has 1 heterocycles. The van der Waals surface area contributed by atoms with Crippen molar-refractivity contribution in [1.29, 1.82) is 0 Å². The first-order valence-electron chi connectivity index (χ1n) is 7.73. The van der Waals surface area contributed by atoms with Crippen molar-refractivity contribution < 1.29 is 4.74 Å². The first-order valence-corrected chi connectivity index (χ1v) is 7.73. The van der Waals surface area contributed by atoms with Crippen molar-refractivity contribution >= 4 is 0 Å². The van der Waals surface area contributed by atoms with Crippen LogP contribution in [0.25, 0.3) is 0 Å². The molecule has 2 rings (SSSR count). The summed E-state index contributed by atoms with van der Waals surface area (Å²) in [5, 5.41) is 0. The fraction of sp³-hybridized carbons (Fsp3) is 0.647. The van der Waals surface area contributed by atoms with Gasteiger partial charge in [0.2, 0.25) is 0 Å². The van der Waals surface area contributed by atoms with Crippen molar-refractivity contribution in [2.45, 2.75) is 39.7 Å². The Bertz CT molecular complexity index is 431. The molecular formula is C17H28N2O. The fourth-order valence-corrected chi connectivity index (χ4v) is 3.25. The van der Waals surface area contributed by atoms with Crippen molar-refractivity contribution in [3.63, 3.8) is 0 Å². The van der Waals surface area contributed by atoms with Crippen molar-refractivity contribution in [2.75, 3.05) is 26.2 Å². The SMILES string of the molecule is CCOc1ccccc1C(CN)N1CCCC(C)(C)C1. The lowest BCUT2D eigenvalue weighted by Gasteiger charge is -2.42. The average molecular weight is 276 g/mol. The van der Waals surface area contributed by atoms with Gasteiger partial charge in [-0.25, -0.2) is 0 Å². The summed E-state index contributed by atoms with van der Waals surface area (Å²) in [4.78, 5) is 2.53. The number of likely N-dealkylation sites (tertiary alicyclic amines) is 1. The van der Waals surface area contributed by atoms with E-state index < -0.39 is 0 Å². The van der Waals surface area contributed by atoms with Crippen LogP contribution >= 0.6 is 0 Å². The highest BCUT2D eigenvalue weighted by atomic mass is 16.5. The van der Waals surface area contributed by atoms with Gasteiger partial charge in [0.25, 0.3) is 0 Å². The molecule has 1 aromatic carbocycles. The molecule has 1 atom stereocenters. The Labute approximate surface area is 123 Å². The molecule has 1 saturated heterocycles. The molecule has 2 N–H and O–H groups in total. The number of nitrogens with two attached hydrogens (primary N) is 1.